The van der Waals surface area contributed by atoms with Crippen LogP contribution in [-0.2, 0) is 15.6 Å². The van der Waals surface area contributed by atoms with Gasteiger partial charge in [0.15, 0.2) is 0 Å². The minimum atomic E-state index is -0.302. The van der Waals surface area contributed by atoms with E-state index in [4.69, 9.17) is 14.6 Å². The molecule has 1 fully saturated rings. The van der Waals surface area contributed by atoms with Crippen molar-refractivity contribution in [3.05, 3.63) is 23.3 Å². The Labute approximate surface area is 157 Å². The van der Waals surface area contributed by atoms with Crippen molar-refractivity contribution in [3.8, 4) is 11.5 Å². The monoisotopic (exact) mass is 362 g/mol. The van der Waals surface area contributed by atoms with Crippen molar-refractivity contribution >= 4 is 5.97 Å². The zero-order valence-corrected chi connectivity index (χ0v) is 17.0. The van der Waals surface area contributed by atoms with Crippen molar-refractivity contribution in [2.75, 3.05) is 13.7 Å². The molecule has 1 saturated carbocycles. The highest BCUT2D eigenvalue weighted by molar-refractivity contribution is 5.73. The summed E-state index contributed by atoms with van der Waals surface area (Å²) in [5.41, 5.74) is 2.13. The average molecular weight is 363 g/mol. The predicted octanol–water partition coefficient (Wildman–Crippen LogP) is 4.89. The summed E-state index contributed by atoms with van der Waals surface area (Å²) in [7, 11) is 1.73. The molecule has 0 unspecified atom stereocenters. The highest BCUT2D eigenvalue weighted by Gasteiger charge is 2.35. The number of aliphatic hydroxyl groups is 1. The number of carbonyl (C=O) groups excluding carboxylic acids is 1. The molecular formula is C22H34O4. The normalized spacial score (nSPS) is 17.0. The molecule has 0 heterocycles. The van der Waals surface area contributed by atoms with Crippen LogP contribution in [0.3, 0.4) is 0 Å². The Morgan fingerprint density at radius 1 is 1.19 bits per heavy atom. The van der Waals surface area contributed by atoms with E-state index in [1.54, 1.807) is 7.11 Å². The van der Waals surface area contributed by atoms with Crippen molar-refractivity contribution in [2.45, 2.75) is 83.5 Å². The Morgan fingerprint density at radius 3 is 2.38 bits per heavy atom. The van der Waals surface area contributed by atoms with Crippen LogP contribution in [0.25, 0.3) is 0 Å². The van der Waals surface area contributed by atoms with Gasteiger partial charge >= 0.3 is 5.97 Å². The van der Waals surface area contributed by atoms with Gasteiger partial charge in [0.1, 0.15) is 11.5 Å². The molecule has 0 spiro atoms. The first-order valence-electron chi connectivity index (χ1n) is 9.76. The third-order valence-electron chi connectivity index (χ3n) is 5.45. The van der Waals surface area contributed by atoms with E-state index in [0.29, 0.717) is 12.2 Å². The molecule has 146 valence electrons. The molecule has 0 amide bonds. The van der Waals surface area contributed by atoms with Crippen LogP contribution in [0, 0.1) is 0 Å². The third kappa shape index (κ3) is 4.79. The molecule has 4 heteroatoms. The number of ether oxygens (including phenoxy) is 2. The van der Waals surface area contributed by atoms with Crippen LogP contribution in [0.4, 0.5) is 0 Å². The molecule has 1 aliphatic carbocycles. The number of aliphatic hydroxyl groups excluding tert-OH is 1. The maximum absolute atomic E-state index is 12.1. The summed E-state index contributed by atoms with van der Waals surface area (Å²) in [4.78, 5) is 12.1. The van der Waals surface area contributed by atoms with Gasteiger partial charge in [0.25, 0.3) is 0 Å². The summed E-state index contributed by atoms with van der Waals surface area (Å²) >= 11 is 0. The minimum absolute atomic E-state index is 0.00568. The second kappa shape index (κ2) is 8.43. The first kappa shape index (κ1) is 20.8. The Bertz CT molecular complexity index is 622. The van der Waals surface area contributed by atoms with Crippen LogP contribution in [0.5, 0.6) is 11.5 Å². The number of benzene rings is 1. The molecule has 1 N–H and O–H groups in total. The van der Waals surface area contributed by atoms with Crippen molar-refractivity contribution < 1.29 is 19.4 Å². The molecule has 0 saturated heterocycles. The van der Waals surface area contributed by atoms with Crippen LogP contribution in [0.15, 0.2) is 12.1 Å². The van der Waals surface area contributed by atoms with E-state index in [0.717, 1.165) is 29.7 Å². The molecule has 2 rings (SSSR count). The summed E-state index contributed by atoms with van der Waals surface area (Å²) in [5.74, 6) is 1.21. The molecule has 4 nitrogen and oxygen atoms in total. The zero-order valence-electron chi connectivity index (χ0n) is 17.0. The van der Waals surface area contributed by atoms with Crippen LogP contribution in [0.1, 0.15) is 83.8 Å². The molecule has 0 radical (unpaired) electrons. The highest BCUT2D eigenvalue weighted by atomic mass is 16.5. The van der Waals surface area contributed by atoms with Gasteiger partial charge in [0.05, 0.1) is 7.11 Å². The number of carbonyl (C=O) groups is 1. The zero-order chi connectivity index (χ0) is 19.4. The van der Waals surface area contributed by atoms with Gasteiger partial charge in [0.2, 0.25) is 0 Å². The molecule has 1 aliphatic rings. The average Bonchev–Trinajstić information content (AvgIpc) is 2.59. The van der Waals surface area contributed by atoms with E-state index in [1.165, 1.54) is 19.3 Å². The number of hydrogen-bond donors (Lipinski definition) is 1. The third-order valence-corrected chi connectivity index (χ3v) is 5.45. The van der Waals surface area contributed by atoms with Crippen LogP contribution in [0.2, 0.25) is 0 Å². The number of methoxy groups -OCH3 is 1. The standard InChI is InChI=1S/C22H34O4/c1-21(2,3)17-14-16(26-19(24)10-9-13-23)15-18(20(17)25-5)22(4)11-7-6-8-12-22/h14-15,23H,6-13H2,1-5H3. The maximum Gasteiger partial charge on any atom is 0.311 e. The van der Waals surface area contributed by atoms with E-state index in [-0.39, 0.29) is 29.8 Å². The van der Waals surface area contributed by atoms with Gasteiger partial charge < -0.3 is 14.6 Å². The van der Waals surface area contributed by atoms with Gasteiger partial charge in [0, 0.05) is 24.2 Å². The minimum Gasteiger partial charge on any atom is -0.496 e. The lowest BCUT2D eigenvalue weighted by Crippen LogP contribution is -2.27. The lowest BCUT2D eigenvalue weighted by molar-refractivity contribution is -0.134. The van der Waals surface area contributed by atoms with E-state index in [9.17, 15) is 4.79 Å². The van der Waals surface area contributed by atoms with Crippen molar-refractivity contribution in [1.82, 2.24) is 0 Å². The molecular weight excluding hydrogens is 328 g/mol. The quantitative estimate of drug-likeness (QED) is 0.578. The lowest BCUT2D eigenvalue weighted by atomic mass is 9.69. The fraction of sp³-hybridized carbons (Fsp3) is 0.682. The first-order valence-corrected chi connectivity index (χ1v) is 9.76. The number of esters is 1. The van der Waals surface area contributed by atoms with Crippen LogP contribution >= 0.6 is 0 Å². The molecule has 1 aromatic carbocycles. The van der Waals surface area contributed by atoms with Crippen LogP contribution < -0.4 is 9.47 Å². The summed E-state index contributed by atoms with van der Waals surface area (Å²) in [6.45, 7) is 8.74. The SMILES string of the molecule is COc1c(C(C)(C)C)cc(OC(=O)CCCO)cc1C1(C)CCCCC1. The van der Waals surface area contributed by atoms with E-state index >= 15 is 0 Å². The lowest BCUT2D eigenvalue weighted by Gasteiger charge is -2.37. The van der Waals surface area contributed by atoms with Gasteiger partial charge in [-0.2, -0.15) is 0 Å². The van der Waals surface area contributed by atoms with E-state index < -0.39 is 0 Å². The fourth-order valence-corrected chi connectivity index (χ4v) is 3.89. The van der Waals surface area contributed by atoms with Crippen molar-refractivity contribution in [2.24, 2.45) is 0 Å². The highest BCUT2D eigenvalue weighted by Crippen LogP contribution is 2.48. The molecule has 0 aromatic heterocycles. The maximum atomic E-state index is 12.1. The van der Waals surface area contributed by atoms with Crippen molar-refractivity contribution in [3.63, 3.8) is 0 Å². The van der Waals surface area contributed by atoms with Crippen molar-refractivity contribution in [1.29, 1.82) is 0 Å². The second-order valence-corrected chi connectivity index (χ2v) is 8.72. The Hall–Kier alpha value is -1.55. The Balaban J connectivity index is 2.50. The smallest absolute Gasteiger partial charge is 0.311 e. The van der Waals surface area contributed by atoms with Gasteiger partial charge in [-0.3, -0.25) is 4.79 Å². The largest absolute Gasteiger partial charge is 0.496 e. The Kier molecular flexibility index (Phi) is 6.73. The summed E-state index contributed by atoms with van der Waals surface area (Å²) in [6.07, 6.45) is 6.59. The van der Waals surface area contributed by atoms with Gasteiger partial charge in [-0.15, -0.1) is 0 Å². The molecule has 26 heavy (non-hydrogen) atoms. The molecule has 0 aliphatic heterocycles. The van der Waals surface area contributed by atoms with Gasteiger partial charge in [-0.1, -0.05) is 47.0 Å². The summed E-state index contributed by atoms with van der Waals surface area (Å²) in [6, 6.07) is 3.93. The molecule has 0 bridgehead atoms. The van der Waals surface area contributed by atoms with Gasteiger partial charge in [-0.25, -0.2) is 0 Å². The second-order valence-electron chi connectivity index (χ2n) is 8.72. The van der Waals surface area contributed by atoms with E-state index in [1.807, 2.05) is 12.1 Å². The predicted molar refractivity (Wildman–Crippen MR) is 104 cm³/mol. The Morgan fingerprint density at radius 2 is 1.85 bits per heavy atom. The number of rotatable bonds is 6. The molecule has 0 atom stereocenters. The van der Waals surface area contributed by atoms with Gasteiger partial charge in [-0.05, 0) is 42.2 Å². The first-order chi connectivity index (χ1) is 12.2. The summed E-state index contributed by atoms with van der Waals surface area (Å²) < 4.78 is 11.5. The number of hydrogen-bond acceptors (Lipinski definition) is 4. The summed E-state index contributed by atoms with van der Waals surface area (Å²) in [5, 5.41) is 8.92. The van der Waals surface area contributed by atoms with E-state index in [2.05, 4.69) is 27.7 Å². The topological polar surface area (TPSA) is 55.8 Å². The van der Waals surface area contributed by atoms with Crippen LogP contribution in [-0.4, -0.2) is 24.8 Å². The fourth-order valence-electron chi connectivity index (χ4n) is 3.89. The molecule has 1 aromatic rings.